The van der Waals surface area contributed by atoms with Crippen LogP contribution in [-0.2, 0) is 22.6 Å². The van der Waals surface area contributed by atoms with Crippen LogP contribution in [0, 0.1) is 0 Å². The molecule has 0 aliphatic heterocycles. The van der Waals surface area contributed by atoms with E-state index in [4.69, 9.17) is 5.11 Å². The molecule has 1 amide bonds. The second-order valence-corrected chi connectivity index (χ2v) is 6.80. The lowest BCUT2D eigenvalue weighted by Crippen LogP contribution is -2.25. The van der Waals surface area contributed by atoms with Crippen molar-refractivity contribution < 1.29 is 14.7 Å². The van der Waals surface area contributed by atoms with Crippen LogP contribution in [0.2, 0.25) is 0 Å². The number of hydrogen-bond donors (Lipinski definition) is 2. The van der Waals surface area contributed by atoms with Gasteiger partial charge in [-0.3, -0.25) is 9.59 Å². The smallest absolute Gasteiger partial charge is 0.304 e. The summed E-state index contributed by atoms with van der Waals surface area (Å²) in [5.41, 5.74) is 0.848. The minimum atomic E-state index is -0.890. The SMILES string of the molecule is CCc1nc(CNC(=O)C[C@@H](CC(=O)O)c2cccs2)cs1. The molecule has 0 unspecified atom stereocenters. The Hall–Kier alpha value is -1.73. The molecule has 7 heteroatoms. The second-order valence-electron chi connectivity index (χ2n) is 4.88. The highest BCUT2D eigenvalue weighted by Crippen LogP contribution is 2.27. The van der Waals surface area contributed by atoms with E-state index in [0.717, 1.165) is 22.0 Å². The van der Waals surface area contributed by atoms with Crippen molar-refractivity contribution in [1.82, 2.24) is 10.3 Å². The molecule has 0 spiro atoms. The van der Waals surface area contributed by atoms with Crippen molar-refractivity contribution in [2.75, 3.05) is 0 Å². The van der Waals surface area contributed by atoms with E-state index in [2.05, 4.69) is 10.3 Å². The van der Waals surface area contributed by atoms with E-state index in [-0.39, 0.29) is 24.7 Å². The molecule has 0 aromatic carbocycles. The fraction of sp³-hybridized carbons (Fsp3) is 0.400. The van der Waals surface area contributed by atoms with Crippen molar-refractivity contribution in [3.63, 3.8) is 0 Å². The Labute approximate surface area is 137 Å². The van der Waals surface area contributed by atoms with Gasteiger partial charge in [0.25, 0.3) is 0 Å². The molecule has 0 fully saturated rings. The third-order valence-corrected chi connectivity index (χ3v) is 5.24. The molecule has 2 heterocycles. The van der Waals surface area contributed by atoms with Crippen LogP contribution in [0.5, 0.6) is 0 Å². The number of nitrogens with zero attached hydrogens (tertiary/aromatic N) is 1. The van der Waals surface area contributed by atoms with E-state index < -0.39 is 5.97 Å². The zero-order valence-electron chi connectivity index (χ0n) is 12.2. The number of carboxylic acids is 1. The van der Waals surface area contributed by atoms with Gasteiger partial charge < -0.3 is 10.4 Å². The number of amides is 1. The van der Waals surface area contributed by atoms with Crippen LogP contribution < -0.4 is 5.32 Å². The normalized spacial score (nSPS) is 12.0. The molecular weight excluding hydrogens is 320 g/mol. The number of carboxylic acid groups (broad SMARTS) is 1. The minimum Gasteiger partial charge on any atom is -0.481 e. The zero-order valence-corrected chi connectivity index (χ0v) is 13.9. The van der Waals surface area contributed by atoms with Crippen LogP contribution in [0.3, 0.4) is 0 Å². The van der Waals surface area contributed by atoms with Crippen molar-refractivity contribution in [3.8, 4) is 0 Å². The molecule has 0 radical (unpaired) electrons. The third-order valence-electron chi connectivity index (χ3n) is 3.17. The number of hydrogen-bond acceptors (Lipinski definition) is 5. The van der Waals surface area contributed by atoms with Crippen LogP contribution in [0.25, 0.3) is 0 Å². The number of aryl methyl sites for hydroxylation is 1. The molecule has 0 aliphatic rings. The average Bonchev–Trinajstić information content (AvgIpc) is 3.15. The molecule has 1 atom stereocenters. The van der Waals surface area contributed by atoms with E-state index in [1.807, 2.05) is 29.8 Å². The number of rotatable bonds is 8. The van der Waals surface area contributed by atoms with Gasteiger partial charge in [-0.1, -0.05) is 13.0 Å². The van der Waals surface area contributed by atoms with Gasteiger partial charge in [-0.2, -0.15) is 0 Å². The van der Waals surface area contributed by atoms with Crippen LogP contribution in [0.15, 0.2) is 22.9 Å². The molecule has 2 aromatic rings. The summed E-state index contributed by atoms with van der Waals surface area (Å²) >= 11 is 3.06. The van der Waals surface area contributed by atoms with E-state index >= 15 is 0 Å². The summed E-state index contributed by atoms with van der Waals surface area (Å²) in [5.74, 6) is -1.32. The van der Waals surface area contributed by atoms with Gasteiger partial charge in [0.05, 0.1) is 23.7 Å². The number of nitrogens with one attached hydrogen (secondary N) is 1. The van der Waals surface area contributed by atoms with E-state index in [9.17, 15) is 9.59 Å². The Balaban J connectivity index is 1.89. The summed E-state index contributed by atoms with van der Waals surface area (Å²) in [5, 5.41) is 16.7. The first-order valence-electron chi connectivity index (χ1n) is 7.03. The van der Waals surface area contributed by atoms with Crippen LogP contribution >= 0.6 is 22.7 Å². The molecule has 2 aromatic heterocycles. The lowest BCUT2D eigenvalue weighted by atomic mass is 9.99. The quantitative estimate of drug-likeness (QED) is 0.775. The number of aromatic nitrogens is 1. The number of thiophene rings is 1. The molecule has 2 rings (SSSR count). The van der Waals surface area contributed by atoms with Gasteiger partial charge in [-0.15, -0.1) is 22.7 Å². The maximum Gasteiger partial charge on any atom is 0.304 e. The molecular formula is C15H18N2O3S2. The van der Waals surface area contributed by atoms with Crippen molar-refractivity contribution >= 4 is 34.6 Å². The fourth-order valence-electron chi connectivity index (χ4n) is 2.09. The predicted octanol–water partition coefficient (Wildman–Crippen LogP) is 3.03. The number of aliphatic carboxylic acids is 1. The predicted molar refractivity (Wildman–Crippen MR) is 87.3 cm³/mol. The van der Waals surface area contributed by atoms with E-state index in [0.29, 0.717) is 6.54 Å². The summed E-state index contributed by atoms with van der Waals surface area (Å²) in [6, 6.07) is 3.74. The Morgan fingerprint density at radius 2 is 2.18 bits per heavy atom. The van der Waals surface area contributed by atoms with Gasteiger partial charge >= 0.3 is 5.97 Å². The van der Waals surface area contributed by atoms with Crippen LogP contribution in [-0.4, -0.2) is 22.0 Å². The van der Waals surface area contributed by atoms with Gasteiger partial charge in [0, 0.05) is 22.6 Å². The third kappa shape index (κ3) is 4.92. The first-order chi connectivity index (χ1) is 10.6. The topological polar surface area (TPSA) is 79.3 Å². The Morgan fingerprint density at radius 3 is 2.77 bits per heavy atom. The Bertz CT molecular complexity index is 623. The number of carbonyl (C=O) groups is 2. The molecule has 22 heavy (non-hydrogen) atoms. The standard InChI is InChI=1S/C15H18N2O3S2/c1-2-14-17-11(9-22-14)8-16-13(18)6-10(7-15(19)20)12-4-3-5-21-12/h3-5,9-10H,2,6-8H2,1H3,(H,16,18)(H,19,20)/t10-/m0/s1. The van der Waals surface area contributed by atoms with Gasteiger partial charge in [0.2, 0.25) is 5.91 Å². The zero-order chi connectivity index (χ0) is 15.9. The van der Waals surface area contributed by atoms with Gasteiger partial charge in [0.15, 0.2) is 0 Å². The van der Waals surface area contributed by atoms with Gasteiger partial charge in [-0.25, -0.2) is 4.98 Å². The van der Waals surface area contributed by atoms with E-state index in [1.54, 1.807) is 11.3 Å². The molecule has 0 saturated carbocycles. The molecule has 5 nitrogen and oxygen atoms in total. The highest BCUT2D eigenvalue weighted by molar-refractivity contribution is 7.10. The summed E-state index contributed by atoms with van der Waals surface area (Å²) in [4.78, 5) is 28.3. The van der Waals surface area contributed by atoms with Crippen molar-refractivity contribution in [2.24, 2.45) is 0 Å². The van der Waals surface area contributed by atoms with Crippen molar-refractivity contribution in [1.29, 1.82) is 0 Å². The molecule has 0 saturated heterocycles. The van der Waals surface area contributed by atoms with Crippen molar-refractivity contribution in [2.45, 2.75) is 38.6 Å². The minimum absolute atomic E-state index is 0.0371. The maximum atomic E-state index is 12.1. The fourth-order valence-corrected chi connectivity index (χ4v) is 3.66. The number of carbonyl (C=O) groups excluding carboxylic acids is 1. The summed E-state index contributed by atoms with van der Waals surface area (Å²) in [7, 11) is 0. The first-order valence-corrected chi connectivity index (χ1v) is 8.79. The molecule has 0 bridgehead atoms. The Kier molecular flexibility index (Phi) is 6.09. The first kappa shape index (κ1) is 16.6. The average molecular weight is 338 g/mol. The second kappa shape index (κ2) is 8.05. The lowest BCUT2D eigenvalue weighted by molar-refractivity contribution is -0.137. The summed E-state index contributed by atoms with van der Waals surface area (Å²) < 4.78 is 0. The summed E-state index contributed by atoms with van der Waals surface area (Å²) in [6.07, 6.45) is 1.03. The van der Waals surface area contributed by atoms with Crippen molar-refractivity contribution in [3.05, 3.63) is 38.5 Å². The lowest BCUT2D eigenvalue weighted by Gasteiger charge is -2.12. The van der Waals surface area contributed by atoms with Crippen LogP contribution in [0.4, 0.5) is 0 Å². The largest absolute Gasteiger partial charge is 0.481 e. The molecule has 118 valence electrons. The van der Waals surface area contributed by atoms with Gasteiger partial charge in [0.1, 0.15) is 0 Å². The number of thiazole rings is 1. The monoisotopic (exact) mass is 338 g/mol. The molecule has 2 N–H and O–H groups in total. The van der Waals surface area contributed by atoms with E-state index in [1.165, 1.54) is 11.3 Å². The maximum absolute atomic E-state index is 12.1. The summed E-state index contributed by atoms with van der Waals surface area (Å²) in [6.45, 7) is 2.43. The molecule has 0 aliphatic carbocycles. The highest BCUT2D eigenvalue weighted by Gasteiger charge is 2.20. The van der Waals surface area contributed by atoms with Crippen LogP contribution in [0.1, 0.15) is 41.3 Å². The van der Waals surface area contributed by atoms with Gasteiger partial charge in [-0.05, 0) is 17.9 Å². The highest BCUT2D eigenvalue weighted by atomic mass is 32.1. The Morgan fingerprint density at radius 1 is 1.36 bits per heavy atom.